The van der Waals surface area contributed by atoms with Gasteiger partial charge in [-0.05, 0) is 13.8 Å². The van der Waals surface area contributed by atoms with Gasteiger partial charge in [-0.3, -0.25) is 4.79 Å². The SMILES string of the molecule is C[C@@H]1COC(=O)[C@@](C)([C@H](C)O)[C@@H]1O. The lowest BCUT2D eigenvalue weighted by molar-refractivity contribution is -0.193. The van der Waals surface area contributed by atoms with Crippen LogP contribution in [0.2, 0.25) is 0 Å². The summed E-state index contributed by atoms with van der Waals surface area (Å²) in [4.78, 5) is 11.4. The molecule has 0 unspecified atom stereocenters. The minimum absolute atomic E-state index is 0.128. The number of hydrogen-bond donors (Lipinski definition) is 2. The monoisotopic (exact) mass is 188 g/mol. The van der Waals surface area contributed by atoms with E-state index in [1.807, 2.05) is 0 Å². The summed E-state index contributed by atoms with van der Waals surface area (Å²) in [6, 6.07) is 0. The standard InChI is InChI=1S/C9H16O4/c1-5-4-13-8(12)9(3,6(2)10)7(5)11/h5-7,10-11H,4H2,1-3H3/t5-,6+,7-,9+/m1/s1. The molecule has 1 fully saturated rings. The minimum atomic E-state index is -1.18. The number of rotatable bonds is 1. The molecule has 0 aromatic carbocycles. The van der Waals surface area contributed by atoms with Gasteiger partial charge in [0.15, 0.2) is 0 Å². The molecular weight excluding hydrogens is 172 g/mol. The van der Waals surface area contributed by atoms with Crippen LogP contribution in [-0.4, -0.2) is 35.0 Å². The first-order valence-corrected chi connectivity index (χ1v) is 4.44. The molecule has 2 N–H and O–H groups in total. The highest BCUT2D eigenvalue weighted by atomic mass is 16.5. The summed E-state index contributed by atoms with van der Waals surface area (Å²) in [7, 11) is 0. The van der Waals surface area contributed by atoms with Gasteiger partial charge < -0.3 is 14.9 Å². The number of hydrogen-bond acceptors (Lipinski definition) is 4. The Morgan fingerprint density at radius 3 is 2.62 bits per heavy atom. The van der Waals surface area contributed by atoms with Crippen LogP contribution in [0, 0.1) is 11.3 Å². The zero-order valence-corrected chi connectivity index (χ0v) is 8.15. The molecule has 0 aromatic heterocycles. The first-order chi connectivity index (χ1) is 5.90. The summed E-state index contributed by atoms with van der Waals surface area (Å²) in [6.07, 6.45) is -1.74. The van der Waals surface area contributed by atoms with Crippen molar-refractivity contribution >= 4 is 5.97 Å². The molecule has 4 atom stereocenters. The number of carbonyl (C=O) groups is 1. The van der Waals surface area contributed by atoms with Crippen LogP contribution in [0.4, 0.5) is 0 Å². The van der Waals surface area contributed by atoms with Crippen molar-refractivity contribution in [2.24, 2.45) is 11.3 Å². The summed E-state index contributed by atoms with van der Waals surface area (Å²) in [5.74, 6) is -0.648. The van der Waals surface area contributed by atoms with Crippen LogP contribution in [0.5, 0.6) is 0 Å². The van der Waals surface area contributed by atoms with Crippen molar-refractivity contribution in [3.05, 3.63) is 0 Å². The second-order valence-corrected chi connectivity index (χ2v) is 3.98. The lowest BCUT2D eigenvalue weighted by Gasteiger charge is -2.41. The van der Waals surface area contributed by atoms with Crippen LogP contribution in [0.3, 0.4) is 0 Å². The quantitative estimate of drug-likeness (QED) is 0.565. The van der Waals surface area contributed by atoms with E-state index in [1.165, 1.54) is 13.8 Å². The Labute approximate surface area is 77.5 Å². The predicted octanol–water partition coefficient (Wildman–Crippen LogP) is -0.0727. The minimum Gasteiger partial charge on any atom is -0.465 e. The van der Waals surface area contributed by atoms with E-state index in [0.717, 1.165) is 0 Å². The Hall–Kier alpha value is -0.610. The smallest absolute Gasteiger partial charge is 0.317 e. The van der Waals surface area contributed by atoms with E-state index in [2.05, 4.69) is 0 Å². The van der Waals surface area contributed by atoms with Crippen molar-refractivity contribution in [1.29, 1.82) is 0 Å². The molecule has 0 aliphatic carbocycles. The number of cyclic esters (lactones) is 1. The van der Waals surface area contributed by atoms with E-state index >= 15 is 0 Å². The van der Waals surface area contributed by atoms with Gasteiger partial charge in [0.05, 0.1) is 18.8 Å². The molecule has 0 bridgehead atoms. The Balaban J connectivity index is 2.95. The molecule has 13 heavy (non-hydrogen) atoms. The van der Waals surface area contributed by atoms with Crippen molar-refractivity contribution in [3.8, 4) is 0 Å². The summed E-state index contributed by atoms with van der Waals surface area (Å²) >= 11 is 0. The summed E-state index contributed by atoms with van der Waals surface area (Å²) in [5, 5.41) is 19.2. The molecule has 4 heteroatoms. The summed E-state index contributed by atoms with van der Waals surface area (Å²) in [5.41, 5.74) is -1.18. The highest BCUT2D eigenvalue weighted by Crippen LogP contribution is 2.35. The molecule has 1 rings (SSSR count). The number of esters is 1. The van der Waals surface area contributed by atoms with Gasteiger partial charge in [0.1, 0.15) is 5.41 Å². The molecule has 0 saturated carbocycles. The molecule has 0 spiro atoms. The number of carbonyl (C=O) groups excluding carboxylic acids is 1. The maximum absolute atomic E-state index is 11.4. The van der Waals surface area contributed by atoms with Crippen molar-refractivity contribution < 1.29 is 19.7 Å². The lowest BCUT2D eigenvalue weighted by atomic mass is 9.73. The second-order valence-electron chi connectivity index (χ2n) is 3.98. The maximum Gasteiger partial charge on any atom is 0.317 e. The highest BCUT2D eigenvalue weighted by molar-refractivity contribution is 5.78. The average molecular weight is 188 g/mol. The molecule has 4 nitrogen and oxygen atoms in total. The van der Waals surface area contributed by atoms with Crippen molar-refractivity contribution in [2.45, 2.75) is 33.0 Å². The lowest BCUT2D eigenvalue weighted by Crippen LogP contribution is -2.55. The van der Waals surface area contributed by atoms with Crippen molar-refractivity contribution in [2.75, 3.05) is 6.61 Å². The first kappa shape index (κ1) is 10.5. The molecule has 1 aliphatic heterocycles. The zero-order chi connectivity index (χ0) is 10.2. The maximum atomic E-state index is 11.4. The van der Waals surface area contributed by atoms with Crippen LogP contribution in [0.15, 0.2) is 0 Å². The van der Waals surface area contributed by atoms with Gasteiger partial charge in [0, 0.05) is 5.92 Å². The Bertz CT molecular complexity index is 214. The van der Waals surface area contributed by atoms with Crippen LogP contribution < -0.4 is 0 Å². The number of aliphatic hydroxyl groups is 2. The average Bonchev–Trinajstić information content (AvgIpc) is 2.08. The normalized spacial score (nSPS) is 42.7. The van der Waals surface area contributed by atoms with E-state index in [9.17, 15) is 15.0 Å². The molecule has 1 saturated heterocycles. The fourth-order valence-electron chi connectivity index (χ4n) is 1.58. The Morgan fingerprint density at radius 1 is 1.69 bits per heavy atom. The summed E-state index contributed by atoms with van der Waals surface area (Å²) < 4.78 is 4.88. The van der Waals surface area contributed by atoms with Gasteiger partial charge in [-0.15, -0.1) is 0 Å². The van der Waals surface area contributed by atoms with Crippen molar-refractivity contribution in [1.82, 2.24) is 0 Å². The molecule has 76 valence electrons. The fourth-order valence-corrected chi connectivity index (χ4v) is 1.58. The molecule has 1 heterocycles. The van der Waals surface area contributed by atoms with Crippen LogP contribution in [0.25, 0.3) is 0 Å². The van der Waals surface area contributed by atoms with Gasteiger partial charge in [0.25, 0.3) is 0 Å². The molecule has 1 aliphatic rings. The number of aliphatic hydroxyl groups excluding tert-OH is 2. The summed E-state index contributed by atoms with van der Waals surface area (Å²) in [6.45, 7) is 5.03. The van der Waals surface area contributed by atoms with Crippen LogP contribution in [0.1, 0.15) is 20.8 Å². The third-order valence-corrected chi connectivity index (χ3v) is 2.94. The Morgan fingerprint density at radius 2 is 2.23 bits per heavy atom. The number of ether oxygens (including phenoxy) is 1. The zero-order valence-electron chi connectivity index (χ0n) is 8.15. The van der Waals surface area contributed by atoms with Crippen LogP contribution >= 0.6 is 0 Å². The predicted molar refractivity (Wildman–Crippen MR) is 45.9 cm³/mol. The third-order valence-electron chi connectivity index (χ3n) is 2.94. The molecular formula is C9H16O4. The Kier molecular flexibility index (Phi) is 2.63. The van der Waals surface area contributed by atoms with Gasteiger partial charge in [0.2, 0.25) is 0 Å². The van der Waals surface area contributed by atoms with E-state index in [1.54, 1.807) is 6.92 Å². The van der Waals surface area contributed by atoms with E-state index in [4.69, 9.17) is 4.74 Å². The van der Waals surface area contributed by atoms with Crippen LogP contribution in [-0.2, 0) is 9.53 Å². The fraction of sp³-hybridized carbons (Fsp3) is 0.889. The molecule has 0 aromatic rings. The third kappa shape index (κ3) is 1.44. The van der Waals surface area contributed by atoms with Gasteiger partial charge in [-0.1, -0.05) is 6.92 Å². The largest absolute Gasteiger partial charge is 0.465 e. The molecule has 0 radical (unpaired) electrons. The van der Waals surface area contributed by atoms with E-state index in [-0.39, 0.29) is 12.5 Å². The molecule has 0 amide bonds. The first-order valence-electron chi connectivity index (χ1n) is 4.44. The van der Waals surface area contributed by atoms with Crippen molar-refractivity contribution in [3.63, 3.8) is 0 Å². The van der Waals surface area contributed by atoms with Gasteiger partial charge in [-0.25, -0.2) is 0 Å². The second kappa shape index (κ2) is 3.27. The van der Waals surface area contributed by atoms with E-state index < -0.39 is 23.6 Å². The van der Waals surface area contributed by atoms with E-state index in [0.29, 0.717) is 0 Å². The highest BCUT2D eigenvalue weighted by Gasteiger charge is 2.51. The van der Waals surface area contributed by atoms with Gasteiger partial charge >= 0.3 is 5.97 Å². The van der Waals surface area contributed by atoms with Gasteiger partial charge in [-0.2, -0.15) is 0 Å². The topological polar surface area (TPSA) is 66.8 Å².